The maximum atomic E-state index is 13.0. The molecule has 1 fully saturated rings. The molecule has 2 N–H and O–H groups in total. The molecule has 1 aliphatic rings. The topological polar surface area (TPSA) is 57.8 Å². The first-order valence-electron chi connectivity index (χ1n) is 8.29. The summed E-state index contributed by atoms with van der Waals surface area (Å²) in [6.07, 6.45) is 2.57. The number of hydrogen-bond acceptors (Lipinski definition) is 2. The first-order valence-corrected chi connectivity index (χ1v) is 8.29. The van der Waals surface area contributed by atoms with Crippen molar-refractivity contribution >= 4 is 16.9 Å². The Bertz CT molecular complexity index is 897. The van der Waals surface area contributed by atoms with Gasteiger partial charge in [-0.1, -0.05) is 50.2 Å². The molecule has 1 heterocycles. The summed E-state index contributed by atoms with van der Waals surface area (Å²) in [5, 5.41) is 3.14. The van der Waals surface area contributed by atoms with Crippen molar-refractivity contribution in [2.24, 2.45) is 5.41 Å². The fourth-order valence-electron chi connectivity index (χ4n) is 3.78. The Hall–Kier alpha value is -2.62. The van der Waals surface area contributed by atoms with Gasteiger partial charge in [0.05, 0.1) is 22.8 Å². The van der Waals surface area contributed by atoms with E-state index >= 15 is 0 Å². The molecule has 1 amide bonds. The van der Waals surface area contributed by atoms with Gasteiger partial charge in [0.1, 0.15) is 0 Å². The van der Waals surface area contributed by atoms with Crippen LogP contribution in [-0.2, 0) is 16.8 Å². The molecule has 3 aromatic rings. The highest BCUT2D eigenvalue weighted by Crippen LogP contribution is 2.64. The summed E-state index contributed by atoms with van der Waals surface area (Å²) in [6, 6.07) is 16.1. The average Bonchev–Trinajstić information content (AvgIpc) is 2.94. The van der Waals surface area contributed by atoms with Gasteiger partial charge in [0.2, 0.25) is 5.91 Å². The van der Waals surface area contributed by atoms with Crippen LogP contribution in [0.15, 0.2) is 54.9 Å². The number of imidazole rings is 1. The van der Waals surface area contributed by atoms with Gasteiger partial charge >= 0.3 is 0 Å². The predicted molar refractivity (Wildman–Crippen MR) is 94.5 cm³/mol. The number of rotatable bonds is 4. The van der Waals surface area contributed by atoms with E-state index in [2.05, 4.69) is 41.3 Å². The third kappa shape index (κ3) is 2.21. The van der Waals surface area contributed by atoms with E-state index in [4.69, 9.17) is 0 Å². The number of benzene rings is 2. The molecule has 1 aliphatic carbocycles. The van der Waals surface area contributed by atoms with Crippen LogP contribution in [0, 0.1) is 5.41 Å². The Labute approximate surface area is 141 Å². The minimum Gasteiger partial charge on any atom is -0.351 e. The summed E-state index contributed by atoms with van der Waals surface area (Å²) in [5.41, 5.74) is 3.69. The van der Waals surface area contributed by atoms with Crippen molar-refractivity contribution in [3.05, 3.63) is 66.0 Å². The molecule has 122 valence electrons. The third-order valence-corrected chi connectivity index (χ3v) is 5.33. The molecular weight excluding hydrogens is 298 g/mol. The molecule has 0 saturated heterocycles. The number of amides is 1. The smallest absolute Gasteiger partial charge is 0.231 e. The number of nitrogens with one attached hydrogen (secondary N) is 2. The lowest BCUT2D eigenvalue weighted by Gasteiger charge is -2.20. The Kier molecular flexibility index (Phi) is 3.23. The van der Waals surface area contributed by atoms with Crippen molar-refractivity contribution in [2.45, 2.75) is 32.2 Å². The number of carbonyl (C=O) groups is 1. The van der Waals surface area contributed by atoms with Crippen LogP contribution in [0.1, 0.15) is 31.4 Å². The van der Waals surface area contributed by atoms with E-state index in [1.54, 1.807) is 6.33 Å². The van der Waals surface area contributed by atoms with Gasteiger partial charge < -0.3 is 10.3 Å². The van der Waals surface area contributed by atoms with Crippen LogP contribution in [0.5, 0.6) is 0 Å². The fourth-order valence-corrected chi connectivity index (χ4v) is 3.78. The minimum absolute atomic E-state index is 0.00817. The standard InChI is InChI=1S/C20H21N3O/c1-19(2)12-20(19,15-6-4-3-5-7-15)18(24)21-11-14-8-9-16-17(10-14)23-13-22-16/h3-10,13H,11-12H2,1-2H3,(H,21,24)(H,22,23)/t20-/m0/s1. The van der Waals surface area contributed by atoms with Gasteiger partial charge in [-0.15, -0.1) is 0 Å². The molecule has 1 saturated carbocycles. The highest BCUT2D eigenvalue weighted by Gasteiger charge is 2.66. The van der Waals surface area contributed by atoms with Crippen LogP contribution in [0.4, 0.5) is 0 Å². The Morgan fingerprint density at radius 2 is 1.96 bits per heavy atom. The van der Waals surface area contributed by atoms with E-state index in [0.717, 1.165) is 28.6 Å². The maximum absolute atomic E-state index is 13.0. The number of carbonyl (C=O) groups excluding carboxylic acids is 1. The summed E-state index contributed by atoms with van der Waals surface area (Å²) in [5.74, 6) is 0.114. The molecule has 1 aromatic heterocycles. The van der Waals surface area contributed by atoms with E-state index in [1.807, 2.05) is 36.4 Å². The van der Waals surface area contributed by atoms with Crippen molar-refractivity contribution in [3.8, 4) is 0 Å². The number of aromatic amines is 1. The lowest BCUT2D eigenvalue weighted by molar-refractivity contribution is -0.124. The van der Waals surface area contributed by atoms with Gasteiger partial charge in [0.15, 0.2) is 0 Å². The number of aromatic nitrogens is 2. The molecule has 1 atom stereocenters. The molecule has 0 spiro atoms. The molecule has 0 bridgehead atoms. The lowest BCUT2D eigenvalue weighted by Crippen LogP contribution is -2.37. The van der Waals surface area contributed by atoms with Crippen LogP contribution >= 0.6 is 0 Å². The average molecular weight is 319 g/mol. The highest BCUT2D eigenvalue weighted by molar-refractivity contribution is 5.93. The predicted octanol–water partition coefficient (Wildman–Crippen LogP) is 3.55. The van der Waals surface area contributed by atoms with Gasteiger partial charge in [-0.25, -0.2) is 4.98 Å². The summed E-state index contributed by atoms with van der Waals surface area (Å²) in [6.45, 7) is 4.85. The van der Waals surface area contributed by atoms with Crippen molar-refractivity contribution in [1.29, 1.82) is 0 Å². The lowest BCUT2D eigenvalue weighted by atomic mass is 9.87. The zero-order valence-corrected chi connectivity index (χ0v) is 14.0. The van der Waals surface area contributed by atoms with Crippen LogP contribution < -0.4 is 5.32 Å². The molecule has 4 nitrogen and oxygen atoms in total. The zero-order chi connectivity index (χ0) is 16.8. The number of H-pyrrole nitrogens is 1. The quantitative estimate of drug-likeness (QED) is 0.772. The first-order chi connectivity index (χ1) is 11.5. The van der Waals surface area contributed by atoms with E-state index < -0.39 is 5.41 Å². The van der Waals surface area contributed by atoms with Gasteiger partial charge in [0.25, 0.3) is 0 Å². The van der Waals surface area contributed by atoms with Crippen molar-refractivity contribution < 1.29 is 4.79 Å². The van der Waals surface area contributed by atoms with Crippen LogP contribution in [0.2, 0.25) is 0 Å². The highest BCUT2D eigenvalue weighted by atomic mass is 16.2. The third-order valence-electron chi connectivity index (χ3n) is 5.33. The molecule has 0 radical (unpaired) electrons. The summed E-state index contributed by atoms with van der Waals surface area (Å²) in [7, 11) is 0. The number of fused-ring (bicyclic) bond motifs is 1. The second-order valence-electron chi connectivity index (χ2n) is 7.27. The molecule has 2 aromatic carbocycles. The normalized spacial score (nSPS) is 21.6. The molecule has 4 heteroatoms. The number of hydrogen-bond donors (Lipinski definition) is 2. The van der Waals surface area contributed by atoms with Gasteiger partial charge in [-0.3, -0.25) is 4.79 Å². The zero-order valence-electron chi connectivity index (χ0n) is 14.0. The van der Waals surface area contributed by atoms with E-state index in [1.165, 1.54) is 0 Å². The summed E-state index contributed by atoms with van der Waals surface area (Å²) < 4.78 is 0. The largest absolute Gasteiger partial charge is 0.351 e. The van der Waals surface area contributed by atoms with Crippen LogP contribution in [0.3, 0.4) is 0 Å². The van der Waals surface area contributed by atoms with Crippen molar-refractivity contribution in [1.82, 2.24) is 15.3 Å². The Morgan fingerprint density at radius 1 is 1.21 bits per heavy atom. The monoisotopic (exact) mass is 319 g/mol. The minimum atomic E-state index is -0.410. The first kappa shape index (κ1) is 14.9. The number of nitrogens with zero attached hydrogens (tertiary/aromatic N) is 1. The maximum Gasteiger partial charge on any atom is 0.231 e. The van der Waals surface area contributed by atoms with Gasteiger partial charge in [-0.05, 0) is 35.1 Å². The summed E-state index contributed by atoms with van der Waals surface area (Å²) >= 11 is 0. The van der Waals surface area contributed by atoms with Crippen LogP contribution in [-0.4, -0.2) is 15.9 Å². The molecule has 0 aliphatic heterocycles. The second kappa shape index (κ2) is 5.20. The molecule has 4 rings (SSSR count). The van der Waals surface area contributed by atoms with Crippen molar-refractivity contribution in [3.63, 3.8) is 0 Å². The van der Waals surface area contributed by atoms with E-state index in [0.29, 0.717) is 6.54 Å². The fraction of sp³-hybridized carbons (Fsp3) is 0.300. The second-order valence-corrected chi connectivity index (χ2v) is 7.27. The summed E-state index contributed by atoms with van der Waals surface area (Å²) in [4.78, 5) is 20.3. The van der Waals surface area contributed by atoms with E-state index in [-0.39, 0.29) is 11.3 Å². The Balaban J connectivity index is 1.54. The van der Waals surface area contributed by atoms with E-state index in [9.17, 15) is 4.79 Å². The SMILES string of the molecule is CC1(C)C[C@@]1(C(=O)NCc1ccc2nc[nH]c2c1)c1ccccc1. The molecule has 24 heavy (non-hydrogen) atoms. The Morgan fingerprint density at radius 3 is 2.67 bits per heavy atom. The molecule has 0 unspecified atom stereocenters. The van der Waals surface area contributed by atoms with Gasteiger partial charge in [-0.2, -0.15) is 0 Å². The van der Waals surface area contributed by atoms with Gasteiger partial charge in [0, 0.05) is 6.54 Å². The van der Waals surface area contributed by atoms with Crippen molar-refractivity contribution in [2.75, 3.05) is 0 Å². The van der Waals surface area contributed by atoms with Crippen LogP contribution in [0.25, 0.3) is 11.0 Å². The molecular formula is C20H21N3O.